The van der Waals surface area contributed by atoms with Crippen molar-refractivity contribution in [3.8, 4) is 0 Å². The molecule has 0 bridgehead atoms. The molecular weight excluding hydrogens is 360 g/mol. The zero-order valence-corrected chi connectivity index (χ0v) is 15.7. The number of rotatable bonds is 4. The molecular formula is C21H20N2O3S. The third kappa shape index (κ3) is 3.40. The van der Waals surface area contributed by atoms with E-state index in [1.54, 1.807) is 30.4 Å². The Balaban J connectivity index is 1.59. The molecule has 27 heavy (non-hydrogen) atoms. The molecule has 1 aliphatic heterocycles. The van der Waals surface area contributed by atoms with Crippen LogP contribution in [0.15, 0.2) is 64.6 Å². The van der Waals surface area contributed by atoms with Gasteiger partial charge in [-0.2, -0.15) is 0 Å². The van der Waals surface area contributed by atoms with Gasteiger partial charge in [0.05, 0.1) is 12.3 Å². The van der Waals surface area contributed by atoms with E-state index in [0.717, 1.165) is 12.0 Å². The van der Waals surface area contributed by atoms with Crippen LogP contribution in [0, 0.1) is 0 Å². The minimum atomic E-state index is -0.644. The van der Waals surface area contributed by atoms with E-state index >= 15 is 0 Å². The van der Waals surface area contributed by atoms with Gasteiger partial charge in [-0.3, -0.25) is 9.59 Å². The second-order valence-electron chi connectivity index (χ2n) is 6.57. The maximum Gasteiger partial charge on any atom is 0.287 e. The monoisotopic (exact) mass is 380 g/mol. The van der Waals surface area contributed by atoms with Crippen LogP contribution >= 0.6 is 11.3 Å². The van der Waals surface area contributed by atoms with E-state index in [1.165, 1.54) is 16.7 Å². The molecule has 0 aliphatic carbocycles. The van der Waals surface area contributed by atoms with Crippen LogP contribution in [-0.4, -0.2) is 29.3 Å². The molecule has 3 aromatic rings. The van der Waals surface area contributed by atoms with Crippen molar-refractivity contribution >= 4 is 23.2 Å². The number of carbonyl (C=O) groups is 2. The van der Waals surface area contributed by atoms with Crippen LogP contribution in [0.25, 0.3) is 0 Å². The lowest BCUT2D eigenvalue weighted by atomic mass is 9.92. The molecule has 0 saturated carbocycles. The molecule has 2 atom stereocenters. The van der Waals surface area contributed by atoms with Crippen molar-refractivity contribution in [2.24, 2.45) is 0 Å². The van der Waals surface area contributed by atoms with Gasteiger partial charge in [0, 0.05) is 11.4 Å². The lowest BCUT2D eigenvalue weighted by Gasteiger charge is -2.37. The molecule has 3 heterocycles. The maximum absolute atomic E-state index is 13.2. The molecule has 138 valence electrons. The van der Waals surface area contributed by atoms with Crippen molar-refractivity contribution in [1.82, 2.24) is 10.2 Å². The third-order valence-corrected chi connectivity index (χ3v) is 5.82. The summed E-state index contributed by atoms with van der Waals surface area (Å²) in [6, 6.07) is 14.6. The Kier molecular flexibility index (Phi) is 4.81. The second-order valence-corrected chi connectivity index (χ2v) is 7.57. The molecule has 0 saturated heterocycles. The summed E-state index contributed by atoms with van der Waals surface area (Å²) in [5.74, 6) is -0.279. The van der Waals surface area contributed by atoms with Gasteiger partial charge in [-0.15, -0.1) is 11.3 Å². The molecule has 6 heteroatoms. The van der Waals surface area contributed by atoms with Gasteiger partial charge in [0.15, 0.2) is 5.76 Å². The number of fused-ring (bicyclic) bond motifs is 1. The molecule has 0 spiro atoms. The van der Waals surface area contributed by atoms with Crippen LogP contribution in [0.2, 0.25) is 0 Å². The largest absolute Gasteiger partial charge is 0.459 e. The highest BCUT2D eigenvalue weighted by Crippen LogP contribution is 2.37. The fourth-order valence-corrected chi connectivity index (χ4v) is 4.44. The third-order valence-electron chi connectivity index (χ3n) is 4.83. The first-order valence-electron chi connectivity index (χ1n) is 8.91. The van der Waals surface area contributed by atoms with Gasteiger partial charge in [0.1, 0.15) is 6.04 Å². The number of hydrogen-bond acceptors (Lipinski definition) is 4. The minimum absolute atomic E-state index is 0.0967. The Bertz CT molecular complexity index is 934. The standard InChI is InChI=1S/C21H20N2O3S/c1-14(22-20(24)17-8-5-12-26-17)21(25)23-11-9-18-16(10-13-27-18)19(23)15-6-3-2-4-7-15/h2-8,10,12-14,19H,9,11H2,1H3,(H,22,24)/t14-,19+/m1/s1. The molecule has 2 amide bonds. The quantitative estimate of drug-likeness (QED) is 0.752. The van der Waals surface area contributed by atoms with Gasteiger partial charge in [-0.05, 0) is 48.1 Å². The van der Waals surface area contributed by atoms with Gasteiger partial charge in [-0.25, -0.2) is 0 Å². The van der Waals surface area contributed by atoms with Crippen molar-refractivity contribution in [2.75, 3.05) is 6.54 Å². The fourth-order valence-electron chi connectivity index (χ4n) is 3.53. The van der Waals surface area contributed by atoms with Crippen LogP contribution < -0.4 is 5.32 Å². The van der Waals surface area contributed by atoms with E-state index < -0.39 is 6.04 Å². The zero-order valence-electron chi connectivity index (χ0n) is 14.9. The number of thiophene rings is 1. The van der Waals surface area contributed by atoms with E-state index in [4.69, 9.17) is 4.42 Å². The smallest absolute Gasteiger partial charge is 0.287 e. The molecule has 1 aliphatic rings. The number of benzene rings is 1. The van der Waals surface area contributed by atoms with Crippen LogP contribution in [-0.2, 0) is 11.2 Å². The summed E-state index contributed by atoms with van der Waals surface area (Å²) in [5, 5.41) is 4.83. The van der Waals surface area contributed by atoms with Gasteiger partial charge in [-0.1, -0.05) is 30.3 Å². The van der Waals surface area contributed by atoms with Crippen molar-refractivity contribution in [3.63, 3.8) is 0 Å². The molecule has 0 radical (unpaired) electrons. The van der Waals surface area contributed by atoms with Gasteiger partial charge in [0.2, 0.25) is 5.91 Å². The molecule has 0 unspecified atom stereocenters. The van der Waals surface area contributed by atoms with E-state index in [0.29, 0.717) is 6.54 Å². The predicted molar refractivity (Wildman–Crippen MR) is 104 cm³/mol. The summed E-state index contributed by atoms with van der Waals surface area (Å²) in [4.78, 5) is 28.6. The van der Waals surface area contributed by atoms with Gasteiger partial charge < -0.3 is 14.6 Å². The first-order valence-corrected chi connectivity index (χ1v) is 9.79. The summed E-state index contributed by atoms with van der Waals surface area (Å²) >= 11 is 1.73. The van der Waals surface area contributed by atoms with Crippen molar-refractivity contribution in [3.05, 3.63) is 81.9 Å². The van der Waals surface area contributed by atoms with Gasteiger partial charge >= 0.3 is 0 Å². The summed E-state index contributed by atoms with van der Waals surface area (Å²) in [6.07, 6.45) is 2.27. The number of nitrogens with zero attached hydrogens (tertiary/aromatic N) is 1. The summed E-state index contributed by atoms with van der Waals surface area (Å²) in [7, 11) is 0. The van der Waals surface area contributed by atoms with Crippen molar-refractivity contribution in [1.29, 1.82) is 0 Å². The summed E-state index contributed by atoms with van der Waals surface area (Å²) in [6.45, 7) is 2.35. The molecule has 0 fully saturated rings. The number of hydrogen-bond donors (Lipinski definition) is 1. The highest BCUT2D eigenvalue weighted by atomic mass is 32.1. The maximum atomic E-state index is 13.2. The Hall–Kier alpha value is -2.86. The number of amides is 2. The van der Waals surface area contributed by atoms with Crippen molar-refractivity contribution in [2.45, 2.75) is 25.4 Å². The van der Waals surface area contributed by atoms with Gasteiger partial charge in [0.25, 0.3) is 5.91 Å². The second kappa shape index (κ2) is 7.40. The minimum Gasteiger partial charge on any atom is -0.459 e. The fraction of sp³-hybridized carbons (Fsp3) is 0.238. The summed E-state index contributed by atoms with van der Waals surface area (Å²) < 4.78 is 5.11. The lowest BCUT2D eigenvalue weighted by Crippen LogP contribution is -2.50. The number of carbonyl (C=O) groups excluding carboxylic acids is 2. The van der Waals surface area contributed by atoms with E-state index in [1.807, 2.05) is 35.2 Å². The highest BCUT2D eigenvalue weighted by Gasteiger charge is 2.35. The van der Waals surface area contributed by atoms with Crippen LogP contribution in [0.3, 0.4) is 0 Å². The average molecular weight is 380 g/mol. The Morgan fingerprint density at radius 1 is 1.19 bits per heavy atom. The number of nitrogens with one attached hydrogen (secondary N) is 1. The average Bonchev–Trinajstić information content (AvgIpc) is 3.38. The Morgan fingerprint density at radius 3 is 2.74 bits per heavy atom. The first-order chi connectivity index (χ1) is 13.1. The SMILES string of the molecule is C[C@@H](NC(=O)c1ccco1)C(=O)N1CCc2sccc2[C@@H]1c1ccccc1. The topological polar surface area (TPSA) is 62.6 Å². The normalized spacial score (nSPS) is 17.2. The van der Waals surface area contributed by atoms with Crippen LogP contribution in [0.4, 0.5) is 0 Å². The number of furan rings is 1. The zero-order chi connectivity index (χ0) is 18.8. The van der Waals surface area contributed by atoms with Crippen molar-refractivity contribution < 1.29 is 14.0 Å². The van der Waals surface area contributed by atoms with Crippen LogP contribution in [0.5, 0.6) is 0 Å². The molecule has 2 aromatic heterocycles. The Morgan fingerprint density at radius 2 is 2.00 bits per heavy atom. The van der Waals surface area contributed by atoms with E-state index in [2.05, 4.69) is 16.8 Å². The van der Waals surface area contributed by atoms with Crippen LogP contribution in [0.1, 0.15) is 39.5 Å². The molecule has 4 rings (SSSR count). The molecule has 1 N–H and O–H groups in total. The van der Waals surface area contributed by atoms with E-state index in [9.17, 15) is 9.59 Å². The lowest BCUT2D eigenvalue weighted by molar-refractivity contribution is -0.134. The highest BCUT2D eigenvalue weighted by molar-refractivity contribution is 7.10. The summed E-state index contributed by atoms with van der Waals surface area (Å²) in [5.41, 5.74) is 2.25. The van der Waals surface area contributed by atoms with E-state index in [-0.39, 0.29) is 23.6 Å². The predicted octanol–water partition coefficient (Wildman–Crippen LogP) is 3.63. The molecule has 1 aromatic carbocycles. The first kappa shape index (κ1) is 17.5. The molecule has 5 nitrogen and oxygen atoms in total. The Labute approximate surface area is 161 Å².